The van der Waals surface area contributed by atoms with Gasteiger partial charge in [0.15, 0.2) is 6.10 Å². The molecule has 0 saturated heterocycles. The first-order valence-corrected chi connectivity index (χ1v) is 22.9. The first-order valence-electron chi connectivity index (χ1n) is 21.4. The summed E-state index contributed by atoms with van der Waals surface area (Å²) in [4.78, 5) is 34.8. The Morgan fingerprint density at radius 2 is 1.00 bits per heavy atom. The molecular formula is C45H78NO8P. The van der Waals surface area contributed by atoms with E-state index in [1.165, 1.54) is 57.8 Å². The van der Waals surface area contributed by atoms with Gasteiger partial charge in [-0.1, -0.05) is 145 Å². The minimum absolute atomic E-state index is 0.0424. The molecule has 0 aliphatic rings. The number of hydrogen-bond donors (Lipinski definition) is 2. The highest BCUT2D eigenvalue weighted by atomic mass is 31.2. The van der Waals surface area contributed by atoms with E-state index in [0.29, 0.717) is 12.8 Å². The molecule has 0 aliphatic heterocycles. The minimum atomic E-state index is -4.39. The summed E-state index contributed by atoms with van der Waals surface area (Å²) in [6, 6.07) is 0. The molecule has 0 spiro atoms. The Balaban J connectivity index is 4.26. The van der Waals surface area contributed by atoms with Gasteiger partial charge in [-0.3, -0.25) is 18.6 Å². The third-order valence-electron chi connectivity index (χ3n) is 8.58. The van der Waals surface area contributed by atoms with E-state index in [-0.39, 0.29) is 32.6 Å². The predicted octanol–water partition coefficient (Wildman–Crippen LogP) is 12.3. The van der Waals surface area contributed by atoms with Crippen LogP contribution in [0.1, 0.15) is 168 Å². The van der Waals surface area contributed by atoms with Crippen molar-refractivity contribution in [3.63, 3.8) is 0 Å². The Morgan fingerprint density at radius 1 is 0.564 bits per heavy atom. The summed E-state index contributed by atoms with van der Waals surface area (Å²) in [6.07, 6.45) is 49.3. The summed E-state index contributed by atoms with van der Waals surface area (Å²) in [5.41, 5.74) is 5.34. The Hall–Kier alpha value is -2.55. The quantitative estimate of drug-likeness (QED) is 0.0270. The smallest absolute Gasteiger partial charge is 0.462 e. The maximum atomic E-state index is 12.6. The lowest BCUT2D eigenvalue weighted by Gasteiger charge is -2.19. The first kappa shape index (κ1) is 52.5. The molecule has 0 aromatic rings. The Kier molecular flexibility index (Phi) is 39.2. The molecule has 3 N–H and O–H groups in total. The van der Waals surface area contributed by atoms with Crippen molar-refractivity contribution in [3.8, 4) is 0 Å². The molecule has 316 valence electrons. The zero-order valence-corrected chi connectivity index (χ0v) is 35.5. The fraction of sp³-hybridized carbons (Fsp3) is 0.689. The van der Waals surface area contributed by atoms with Crippen LogP contribution in [0.25, 0.3) is 0 Å². The molecule has 0 bridgehead atoms. The summed E-state index contributed by atoms with van der Waals surface area (Å²) < 4.78 is 32.7. The van der Waals surface area contributed by atoms with Crippen LogP contribution < -0.4 is 5.73 Å². The number of esters is 2. The molecule has 1 unspecified atom stereocenters. The number of carbonyl (C=O) groups is 2. The topological polar surface area (TPSA) is 134 Å². The molecule has 0 fully saturated rings. The summed E-state index contributed by atoms with van der Waals surface area (Å²) >= 11 is 0. The van der Waals surface area contributed by atoms with E-state index in [1.54, 1.807) is 0 Å². The zero-order chi connectivity index (χ0) is 40.3. The van der Waals surface area contributed by atoms with Crippen molar-refractivity contribution in [1.29, 1.82) is 0 Å². The van der Waals surface area contributed by atoms with Crippen LogP contribution in [0.2, 0.25) is 0 Å². The Bertz CT molecular complexity index is 1130. The number of allylic oxidation sites excluding steroid dienone is 12. The van der Waals surface area contributed by atoms with Crippen LogP contribution in [0.3, 0.4) is 0 Å². The zero-order valence-electron chi connectivity index (χ0n) is 34.6. The molecule has 0 aromatic carbocycles. The van der Waals surface area contributed by atoms with Crippen LogP contribution in [0.5, 0.6) is 0 Å². The van der Waals surface area contributed by atoms with E-state index >= 15 is 0 Å². The van der Waals surface area contributed by atoms with Gasteiger partial charge in [0.05, 0.1) is 13.2 Å². The maximum Gasteiger partial charge on any atom is 0.472 e. The second-order valence-electron chi connectivity index (χ2n) is 13.8. The highest BCUT2D eigenvalue weighted by Gasteiger charge is 2.25. The molecule has 0 heterocycles. The summed E-state index contributed by atoms with van der Waals surface area (Å²) in [6.45, 7) is 3.54. The molecule has 0 aliphatic carbocycles. The number of ether oxygens (including phenoxy) is 2. The van der Waals surface area contributed by atoms with Gasteiger partial charge in [-0.25, -0.2) is 4.57 Å². The Morgan fingerprint density at radius 3 is 1.55 bits per heavy atom. The summed E-state index contributed by atoms with van der Waals surface area (Å²) in [7, 11) is -4.39. The van der Waals surface area contributed by atoms with Crippen LogP contribution in [0.15, 0.2) is 72.9 Å². The van der Waals surface area contributed by atoms with Crippen molar-refractivity contribution in [2.24, 2.45) is 5.73 Å². The van der Waals surface area contributed by atoms with Gasteiger partial charge < -0.3 is 20.1 Å². The van der Waals surface area contributed by atoms with Gasteiger partial charge in [-0.2, -0.15) is 0 Å². The van der Waals surface area contributed by atoms with Crippen LogP contribution in [0, 0.1) is 0 Å². The van der Waals surface area contributed by atoms with Gasteiger partial charge in [0.2, 0.25) is 0 Å². The van der Waals surface area contributed by atoms with Gasteiger partial charge in [-0.15, -0.1) is 0 Å². The van der Waals surface area contributed by atoms with E-state index < -0.39 is 32.5 Å². The first-order chi connectivity index (χ1) is 26.8. The SMILES string of the molecule is CC/C=C/C/C=C/C/C=C/C/C=C/C/C=C/CCCCCC(=O)OC[C@H](COP(=O)(O)OCCN)OC(=O)CCCC/C=C/CCCCCCCCCCC. The third-order valence-corrected chi connectivity index (χ3v) is 9.56. The van der Waals surface area contributed by atoms with Gasteiger partial charge in [-0.05, 0) is 83.5 Å². The number of unbranched alkanes of at least 4 members (excludes halogenated alkanes) is 14. The van der Waals surface area contributed by atoms with E-state index in [2.05, 4.69) is 86.8 Å². The van der Waals surface area contributed by atoms with E-state index in [0.717, 1.165) is 70.6 Å². The minimum Gasteiger partial charge on any atom is -0.462 e. The molecule has 0 saturated carbocycles. The monoisotopic (exact) mass is 792 g/mol. The number of carbonyl (C=O) groups excluding carboxylic acids is 2. The van der Waals surface area contributed by atoms with Crippen molar-refractivity contribution in [3.05, 3.63) is 72.9 Å². The molecule has 10 heteroatoms. The summed E-state index contributed by atoms with van der Waals surface area (Å²) in [5, 5.41) is 0. The third kappa shape index (κ3) is 40.9. The van der Waals surface area contributed by atoms with Gasteiger partial charge in [0, 0.05) is 19.4 Å². The second kappa shape index (κ2) is 41.1. The Labute approximate surface area is 335 Å². The van der Waals surface area contributed by atoms with Gasteiger partial charge in [0.25, 0.3) is 0 Å². The molecule has 9 nitrogen and oxygen atoms in total. The van der Waals surface area contributed by atoms with E-state index in [4.69, 9.17) is 24.3 Å². The van der Waals surface area contributed by atoms with Crippen molar-refractivity contribution in [1.82, 2.24) is 0 Å². The maximum absolute atomic E-state index is 12.6. The normalized spacial score (nSPS) is 14.0. The molecular weight excluding hydrogens is 713 g/mol. The highest BCUT2D eigenvalue weighted by Crippen LogP contribution is 2.43. The average Bonchev–Trinajstić information content (AvgIpc) is 3.17. The van der Waals surface area contributed by atoms with Gasteiger partial charge in [0.1, 0.15) is 6.61 Å². The molecule has 0 rings (SSSR count). The van der Waals surface area contributed by atoms with E-state index in [9.17, 15) is 19.0 Å². The number of phosphoric ester groups is 1. The lowest BCUT2D eigenvalue weighted by molar-refractivity contribution is -0.161. The highest BCUT2D eigenvalue weighted by molar-refractivity contribution is 7.47. The summed E-state index contributed by atoms with van der Waals surface area (Å²) in [5.74, 6) is -0.897. The number of phosphoric acid groups is 1. The van der Waals surface area contributed by atoms with Crippen molar-refractivity contribution in [2.45, 2.75) is 174 Å². The van der Waals surface area contributed by atoms with Gasteiger partial charge >= 0.3 is 19.8 Å². The molecule has 0 amide bonds. The number of nitrogens with two attached hydrogens (primary N) is 1. The average molecular weight is 792 g/mol. The fourth-order valence-corrected chi connectivity index (χ4v) is 6.18. The lowest BCUT2D eigenvalue weighted by Crippen LogP contribution is -2.29. The standard InChI is InChI=1S/C45H78NO8P/c1-3-5-7-9-11-13-15-17-19-20-21-22-24-25-27-29-31-33-35-37-44(47)51-41-43(42-53-55(49,50)52-40-39-46)54-45(48)38-36-34-32-30-28-26-23-18-16-14-12-10-8-6-4-2/h5,7,11,13,17,19,21-22,25,27-28,30,43H,3-4,6,8-10,12,14-16,18,20,23-24,26,29,31-42,46H2,1-2H3,(H,49,50)/b7-5+,13-11+,19-17+,22-21+,27-25+,30-28+/t43-/m1/s1. The van der Waals surface area contributed by atoms with Crippen LogP contribution in [-0.2, 0) is 32.7 Å². The number of hydrogen-bond acceptors (Lipinski definition) is 8. The van der Waals surface area contributed by atoms with Crippen LogP contribution in [0.4, 0.5) is 0 Å². The van der Waals surface area contributed by atoms with Crippen molar-refractivity contribution >= 4 is 19.8 Å². The molecule has 0 radical (unpaired) electrons. The van der Waals surface area contributed by atoms with E-state index in [1.807, 2.05) is 0 Å². The molecule has 2 atom stereocenters. The largest absolute Gasteiger partial charge is 0.472 e. The van der Waals surface area contributed by atoms with Crippen molar-refractivity contribution in [2.75, 3.05) is 26.4 Å². The van der Waals surface area contributed by atoms with Crippen LogP contribution in [-0.4, -0.2) is 49.3 Å². The fourth-order valence-electron chi connectivity index (χ4n) is 5.42. The predicted molar refractivity (Wildman–Crippen MR) is 229 cm³/mol. The van der Waals surface area contributed by atoms with Crippen LogP contribution >= 0.6 is 7.82 Å². The number of rotatable bonds is 39. The molecule has 55 heavy (non-hydrogen) atoms. The molecule has 0 aromatic heterocycles. The second-order valence-corrected chi connectivity index (χ2v) is 15.3. The lowest BCUT2D eigenvalue weighted by atomic mass is 10.1. The van der Waals surface area contributed by atoms with Crippen molar-refractivity contribution < 1.29 is 37.6 Å².